The van der Waals surface area contributed by atoms with Crippen LogP contribution < -0.4 is 10.2 Å². The lowest BCUT2D eigenvalue weighted by atomic mass is 10.00. The van der Waals surface area contributed by atoms with Crippen molar-refractivity contribution in [2.24, 2.45) is 13.0 Å². The Morgan fingerprint density at radius 2 is 2.09 bits per heavy atom. The number of rotatable bonds is 5. The molecule has 0 atom stereocenters. The van der Waals surface area contributed by atoms with Crippen LogP contribution in [0.15, 0.2) is 24.4 Å². The molecule has 7 heteroatoms. The van der Waals surface area contributed by atoms with Crippen LogP contribution in [0.1, 0.15) is 34.9 Å². The first-order chi connectivity index (χ1) is 11.2. The van der Waals surface area contributed by atoms with Crippen molar-refractivity contribution in [1.82, 2.24) is 25.3 Å². The summed E-state index contributed by atoms with van der Waals surface area (Å²) in [5.41, 5.74) is 1.71. The van der Waals surface area contributed by atoms with Crippen molar-refractivity contribution >= 4 is 11.7 Å². The molecule has 23 heavy (non-hydrogen) atoms. The highest BCUT2D eigenvalue weighted by molar-refractivity contribution is 5.92. The van der Waals surface area contributed by atoms with E-state index in [0.717, 1.165) is 24.6 Å². The highest BCUT2D eigenvalue weighted by Crippen LogP contribution is 2.38. The van der Waals surface area contributed by atoms with Crippen LogP contribution in [0.4, 0.5) is 5.82 Å². The van der Waals surface area contributed by atoms with Gasteiger partial charge in [0.25, 0.3) is 5.91 Å². The Bertz CT molecular complexity index is 700. The molecule has 2 aliphatic rings. The third kappa shape index (κ3) is 2.91. The van der Waals surface area contributed by atoms with Gasteiger partial charge in [-0.15, -0.1) is 5.10 Å². The average Bonchev–Trinajstić information content (AvgIpc) is 3.28. The van der Waals surface area contributed by atoms with Crippen molar-refractivity contribution in [1.29, 1.82) is 0 Å². The van der Waals surface area contributed by atoms with Crippen molar-refractivity contribution in [3.8, 4) is 0 Å². The molecule has 0 aromatic carbocycles. The van der Waals surface area contributed by atoms with Crippen molar-refractivity contribution in [2.45, 2.75) is 18.8 Å². The number of hydrogen-bond acceptors (Lipinski definition) is 5. The lowest BCUT2D eigenvalue weighted by Crippen LogP contribution is -2.52. The maximum absolute atomic E-state index is 12.0. The lowest BCUT2D eigenvalue weighted by Gasteiger charge is -2.39. The molecule has 0 radical (unpaired) electrons. The fourth-order valence-corrected chi connectivity index (χ4v) is 2.91. The number of nitrogens with one attached hydrogen (secondary N) is 1. The largest absolute Gasteiger partial charge is 0.354 e. The van der Waals surface area contributed by atoms with Crippen molar-refractivity contribution in [3.05, 3.63) is 35.8 Å². The minimum atomic E-state index is -0.0722. The predicted molar refractivity (Wildman–Crippen MR) is 85.3 cm³/mol. The van der Waals surface area contributed by atoms with E-state index in [1.807, 2.05) is 0 Å². The summed E-state index contributed by atoms with van der Waals surface area (Å²) >= 11 is 0. The fourth-order valence-electron chi connectivity index (χ4n) is 2.91. The van der Waals surface area contributed by atoms with Crippen LogP contribution in [0.25, 0.3) is 0 Å². The zero-order valence-corrected chi connectivity index (χ0v) is 13.1. The number of anilines is 1. The monoisotopic (exact) mass is 312 g/mol. The van der Waals surface area contributed by atoms with Gasteiger partial charge in [-0.25, -0.2) is 0 Å². The van der Waals surface area contributed by atoms with E-state index >= 15 is 0 Å². The third-order valence-electron chi connectivity index (χ3n) is 4.55. The molecule has 3 heterocycles. The molecular formula is C16H20N6O. The first-order valence-corrected chi connectivity index (χ1v) is 8.05. The summed E-state index contributed by atoms with van der Waals surface area (Å²) < 4.78 is 1.58. The van der Waals surface area contributed by atoms with E-state index in [9.17, 15) is 4.79 Å². The van der Waals surface area contributed by atoms with Crippen molar-refractivity contribution in [2.75, 3.05) is 24.5 Å². The van der Waals surface area contributed by atoms with Gasteiger partial charge in [0.15, 0.2) is 5.82 Å². The second-order valence-corrected chi connectivity index (χ2v) is 6.41. The fraction of sp³-hybridized carbons (Fsp3) is 0.500. The van der Waals surface area contributed by atoms with Crippen molar-refractivity contribution < 1.29 is 4.79 Å². The second-order valence-electron chi connectivity index (χ2n) is 6.41. The minimum absolute atomic E-state index is 0.0722. The molecule has 2 aromatic rings. The molecule has 1 saturated carbocycles. The molecule has 2 aromatic heterocycles. The SMILES string of the molecule is Cn1nccc1C(=O)NCC1CN(c2ccc(C3CC3)nn2)C1. The smallest absolute Gasteiger partial charge is 0.269 e. The maximum Gasteiger partial charge on any atom is 0.269 e. The van der Waals surface area contributed by atoms with Crippen LogP contribution in [-0.2, 0) is 7.05 Å². The Morgan fingerprint density at radius 1 is 1.26 bits per heavy atom. The Morgan fingerprint density at radius 3 is 2.70 bits per heavy atom. The minimum Gasteiger partial charge on any atom is -0.354 e. The molecule has 0 bridgehead atoms. The predicted octanol–water partition coefficient (Wildman–Crippen LogP) is 0.954. The van der Waals surface area contributed by atoms with Gasteiger partial charge in [0, 0.05) is 44.7 Å². The van der Waals surface area contributed by atoms with E-state index in [1.165, 1.54) is 12.8 Å². The van der Waals surface area contributed by atoms with Crippen molar-refractivity contribution in [3.63, 3.8) is 0 Å². The Kier molecular flexibility index (Phi) is 3.48. The van der Waals surface area contributed by atoms with E-state index in [4.69, 9.17) is 0 Å². The Hall–Kier alpha value is -2.44. The quantitative estimate of drug-likeness (QED) is 0.890. The molecule has 1 N–H and O–H groups in total. The summed E-state index contributed by atoms with van der Waals surface area (Å²) in [7, 11) is 1.77. The standard InChI is InChI=1S/C16H20N6O/c1-21-14(6-7-18-21)16(23)17-8-11-9-22(10-11)15-5-4-13(19-20-15)12-2-3-12/h4-7,11-12H,2-3,8-10H2,1H3,(H,17,23). The summed E-state index contributed by atoms with van der Waals surface area (Å²) in [6.07, 6.45) is 4.12. The zero-order chi connectivity index (χ0) is 15.8. The summed E-state index contributed by atoms with van der Waals surface area (Å²) in [5, 5.41) is 15.6. The summed E-state index contributed by atoms with van der Waals surface area (Å²) in [4.78, 5) is 14.2. The van der Waals surface area contributed by atoms with Crippen LogP contribution in [-0.4, -0.2) is 45.5 Å². The zero-order valence-electron chi connectivity index (χ0n) is 13.1. The summed E-state index contributed by atoms with van der Waals surface area (Å²) in [5.74, 6) is 1.96. The number of nitrogens with zero attached hydrogens (tertiary/aromatic N) is 5. The van der Waals surface area contributed by atoms with Gasteiger partial charge in [-0.05, 0) is 31.0 Å². The molecule has 1 saturated heterocycles. The van der Waals surface area contributed by atoms with E-state index in [1.54, 1.807) is 24.0 Å². The molecule has 2 fully saturated rings. The molecule has 0 spiro atoms. The third-order valence-corrected chi connectivity index (χ3v) is 4.55. The van der Waals surface area contributed by atoms with Gasteiger partial charge in [-0.1, -0.05) is 0 Å². The maximum atomic E-state index is 12.0. The normalized spacial score (nSPS) is 17.9. The second kappa shape index (κ2) is 5.64. The van der Waals surface area contributed by atoms with Gasteiger partial charge in [0.2, 0.25) is 0 Å². The van der Waals surface area contributed by atoms with Crippen LogP contribution in [0, 0.1) is 5.92 Å². The molecule has 0 unspecified atom stereocenters. The molecule has 1 aliphatic heterocycles. The lowest BCUT2D eigenvalue weighted by molar-refractivity contribution is 0.0935. The number of aromatic nitrogens is 4. The van der Waals surface area contributed by atoms with E-state index < -0.39 is 0 Å². The Labute approximate surface area is 134 Å². The number of hydrogen-bond donors (Lipinski definition) is 1. The highest BCUT2D eigenvalue weighted by Gasteiger charge is 2.30. The molecular weight excluding hydrogens is 292 g/mol. The van der Waals surface area contributed by atoms with Gasteiger partial charge in [0.05, 0.1) is 5.69 Å². The summed E-state index contributed by atoms with van der Waals surface area (Å²) in [6, 6.07) is 5.88. The van der Waals surface area contributed by atoms with Crippen LogP contribution in [0.5, 0.6) is 0 Å². The Balaban J connectivity index is 1.25. The molecule has 4 rings (SSSR count). The first-order valence-electron chi connectivity index (χ1n) is 8.05. The van der Waals surface area contributed by atoms with Gasteiger partial charge in [-0.3, -0.25) is 9.48 Å². The molecule has 120 valence electrons. The molecule has 1 aliphatic carbocycles. The molecule has 1 amide bonds. The molecule has 7 nitrogen and oxygen atoms in total. The van der Waals surface area contributed by atoms with Crippen LogP contribution in [0.3, 0.4) is 0 Å². The number of aryl methyl sites for hydroxylation is 1. The van der Waals surface area contributed by atoms with E-state index in [0.29, 0.717) is 24.1 Å². The van der Waals surface area contributed by atoms with E-state index in [2.05, 4.69) is 37.6 Å². The number of carbonyl (C=O) groups excluding carboxylic acids is 1. The summed E-state index contributed by atoms with van der Waals surface area (Å²) in [6.45, 7) is 2.49. The van der Waals surface area contributed by atoms with Gasteiger partial charge < -0.3 is 10.2 Å². The topological polar surface area (TPSA) is 75.9 Å². The van der Waals surface area contributed by atoms with Gasteiger partial charge in [-0.2, -0.15) is 10.2 Å². The number of amides is 1. The van der Waals surface area contributed by atoms with Gasteiger partial charge >= 0.3 is 0 Å². The van der Waals surface area contributed by atoms with E-state index in [-0.39, 0.29) is 5.91 Å². The highest BCUT2D eigenvalue weighted by atomic mass is 16.2. The van der Waals surface area contributed by atoms with Crippen LogP contribution in [0.2, 0.25) is 0 Å². The van der Waals surface area contributed by atoms with Gasteiger partial charge in [0.1, 0.15) is 5.69 Å². The van der Waals surface area contributed by atoms with Crippen LogP contribution >= 0.6 is 0 Å². The first kappa shape index (κ1) is 14.2. The number of carbonyl (C=O) groups is 1. The average molecular weight is 312 g/mol.